The first-order valence-corrected chi connectivity index (χ1v) is 7.62. The minimum Gasteiger partial charge on any atom is -0.392 e. The predicted molar refractivity (Wildman–Crippen MR) is 93.7 cm³/mol. The summed E-state index contributed by atoms with van der Waals surface area (Å²) in [6.07, 6.45) is 7.46. The van der Waals surface area contributed by atoms with Gasteiger partial charge in [-0.05, 0) is 46.2 Å². The highest BCUT2D eigenvalue weighted by atomic mass is 16.3. The van der Waals surface area contributed by atoms with E-state index in [0.717, 1.165) is 21.9 Å². The zero-order chi connectivity index (χ0) is 16.2. The van der Waals surface area contributed by atoms with Crippen LogP contribution in [-0.2, 0) is 11.4 Å². The van der Waals surface area contributed by atoms with Crippen molar-refractivity contribution in [1.29, 1.82) is 0 Å². The predicted octanol–water partition coefficient (Wildman–Crippen LogP) is 2.35. The number of aliphatic hydroxyl groups is 1. The average Bonchev–Trinajstić information content (AvgIpc) is 2.62. The summed E-state index contributed by atoms with van der Waals surface area (Å²) in [7, 11) is 0. The monoisotopic (exact) mass is 302 g/mol. The number of hydrogen-bond donors (Lipinski definition) is 1. The minimum atomic E-state index is 0.00371. The molecule has 0 bridgehead atoms. The lowest BCUT2D eigenvalue weighted by atomic mass is 9.93. The summed E-state index contributed by atoms with van der Waals surface area (Å²) in [5, 5.41) is 11.4. The summed E-state index contributed by atoms with van der Waals surface area (Å²) >= 11 is 0. The molecule has 0 aliphatic heterocycles. The van der Waals surface area contributed by atoms with Gasteiger partial charge in [-0.15, -0.1) is 0 Å². The minimum absolute atomic E-state index is 0.00371. The number of carbonyl (C=O) groups excluding carboxylic acids is 1. The van der Waals surface area contributed by atoms with Crippen LogP contribution in [0.4, 0.5) is 0 Å². The summed E-state index contributed by atoms with van der Waals surface area (Å²) in [4.78, 5) is 12.2. The summed E-state index contributed by atoms with van der Waals surface area (Å²) in [5.74, 6) is 0.00371. The van der Waals surface area contributed by atoms with E-state index in [1.165, 1.54) is 5.22 Å². The van der Waals surface area contributed by atoms with E-state index < -0.39 is 0 Å². The van der Waals surface area contributed by atoms with E-state index in [4.69, 9.17) is 5.11 Å². The molecule has 0 saturated heterocycles. The zero-order valence-electron chi connectivity index (χ0n) is 13.0. The Balaban J connectivity index is 2.08. The third-order valence-electron chi connectivity index (χ3n) is 4.00. The van der Waals surface area contributed by atoms with Crippen molar-refractivity contribution in [2.75, 3.05) is 0 Å². The lowest BCUT2D eigenvalue weighted by molar-refractivity contribution is -0.109. The van der Waals surface area contributed by atoms with Gasteiger partial charge < -0.3 is 5.11 Å². The summed E-state index contributed by atoms with van der Waals surface area (Å²) in [5.41, 5.74) is 3.41. The van der Waals surface area contributed by atoms with Gasteiger partial charge in [0.25, 0.3) is 0 Å². The maximum absolute atomic E-state index is 12.2. The van der Waals surface area contributed by atoms with E-state index in [0.29, 0.717) is 5.57 Å². The highest BCUT2D eigenvalue weighted by molar-refractivity contribution is 6.29. The van der Waals surface area contributed by atoms with E-state index in [9.17, 15) is 4.79 Å². The van der Waals surface area contributed by atoms with Crippen molar-refractivity contribution in [3.05, 3.63) is 88.3 Å². The first-order valence-electron chi connectivity index (χ1n) is 7.62. The lowest BCUT2D eigenvalue weighted by Crippen LogP contribution is -2.11. The standard InChI is InChI=1S/C21H18O2/c1-2-15-3-7-17(8-4-15)19-11-12-21(23)20(13-19)18-9-5-16(14-22)6-10-18/h2-13,22H,14H2,1H3. The molecule has 1 N–H and O–H groups in total. The number of aliphatic hydroxyl groups excluding tert-OH is 1. The molecule has 0 aromatic heterocycles. The fraction of sp³-hybridized carbons (Fsp3) is 0.0952. The highest BCUT2D eigenvalue weighted by Crippen LogP contribution is 2.23. The van der Waals surface area contributed by atoms with Crippen molar-refractivity contribution < 1.29 is 9.90 Å². The van der Waals surface area contributed by atoms with E-state index in [1.54, 1.807) is 6.08 Å². The molecule has 0 unspecified atom stereocenters. The molecule has 0 fully saturated rings. The van der Waals surface area contributed by atoms with Crippen molar-refractivity contribution in [3.8, 4) is 0 Å². The third kappa shape index (κ3) is 3.22. The van der Waals surface area contributed by atoms with E-state index in [1.807, 2.05) is 43.3 Å². The smallest absolute Gasteiger partial charge is 0.186 e. The number of rotatable bonds is 2. The average molecular weight is 302 g/mol. The number of hydrogen-bond acceptors (Lipinski definition) is 2. The topological polar surface area (TPSA) is 37.3 Å². The van der Waals surface area contributed by atoms with Crippen molar-refractivity contribution in [2.45, 2.75) is 13.5 Å². The molecule has 0 saturated carbocycles. The maximum Gasteiger partial charge on any atom is 0.186 e. The first kappa shape index (κ1) is 15.2. The molecule has 1 aliphatic carbocycles. The molecule has 2 aromatic rings. The Labute approximate surface area is 135 Å². The molecule has 2 aromatic carbocycles. The van der Waals surface area contributed by atoms with Gasteiger partial charge in [-0.2, -0.15) is 0 Å². The van der Waals surface area contributed by atoms with Crippen molar-refractivity contribution in [1.82, 2.24) is 0 Å². The molecular weight excluding hydrogens is 284 g/mol. The largest absolute Gasteiger partial charge is 0.392 e. The zero-order valence-corrected chi connectivity index (χ0v) is 13.0. The molecule has 0 heterocycles. The Hall–Kier alpha value is -2.71. The molecule has 3 rings (SSSR count). The molecule has 114 valence electrons. The van der Waals surface area contributed by atoms with Crippen LogP contribution in [0.5, 0.6) is 0 Å². The van der Waals surface area contributed by atoms with Gasteiger partial charge >= 0.3 is 0 Å². The van der Waals surface area contributed by atoms with Gasteiger partial charge in [-0.25, -0.2) is 0 Å². The Morgan fingerprint density at radius 1 is 0.957 bits per heavy atom. The van der Waals surface area contributed by atoms with Crippen LogP contribution in [0, 0.1) is 0 Å². The van der Waals surface area contributed by atoms with Gasteiger partial charge in [0.05, 0.1) is 6.61 Å². The van der Waals surface area contributed by atoms with Crippen LogP contribution in [0.2, 0.25) is 0 Å². The fourth-order valence-corrected chi connectivity index (χ4v) is 2.59. The maximum atomic E-state index is 12.2. The van der Waals surface area contributed by atoms with E-state index >= 15 is 0 Å². The summed E-state index contributed by atoms with van der Waals surface area (Å²) < 4.78 is 0. The van der Waals surface area contributed by atoms with Crippen molar-refractivity contribution in [3.63, 3.8) is 0 Å². The van der Waals surface area contributed by atoms with Crippen LogP contribution < -0.4 is 10.4 Å². The number of allylic oxidation sites excluding steroid dienone is 4. The second kappa shape index (κ2) is 6.59. The molecule has 0 spiro atoms. The molecule has 2 heteroatoms. The van der Waals surface area contributed by atoms with Gasteiger partial charge in [-0.3, -0.25) is 4.79 Å². The molecule has 1 aliphatic rings. The van der Waals surface area contributed by atoms with Crippen LogP contribution in [0.15, 0.2) is 66.8 Å². The fourth-order valence-electron chi connectivity index (χ4n) is 2.59. The number of carbonyl (C=O) groups is 1. The van der Waals surface area contributed by atoms with Crippen LogP contribution in [0.25, 0.3) is 17.2 Å². The van der Waals surface area contributed by atoms with Gasteiger partial charge in [0.2, 0.25) is 0 Å². The first-order chi connectivity index (χ1) is 11.2. The molecule has 23 heavy (non-hydrogen) atoms. The molecular formula is C21H18O2. The quantitative estimate of drug-likeness (QED) is 0.924. The van der Waals surface area contributed by atoms with Gasteiger partial charge in [-0.1, -0.05) is 60.7 Å². The number of ketones is 1. The van der Waals surface area contributed by atoms with Crippen LogP contribution in [-0.4, -0.2) is 10.9 Å². The highest BCUT2D eigenvalue weighted by Gasteiger charge is 2.13. The Bertz CT molecular complexity index is 890. The Morgan fingerprint density at radius 2 is 1.65 bits per heavy atom. The van der Waals surface area contributed by atoms with E-state index in [-0.39, 0.29) is 12.4 Å². The van der Waals surface area contributed by atoms with Crippen LogP contribution in [0.3, 0.4) is 0 Å². The third-order valence-corrected chi connectivity index (χ3v) is 4.00. The Kier molecular flexibility index (Phi) is 4.35. The molecule has 0 amide bonds. The summed E-state index contributed by atoms with van der Waals surface area (Å²) in [6.45, 7) is 2.01. The molecule has 0 radical (unpaired) electrons. The van der Waals surface area contributed by atoms with E-state index in [2.05, 4.69) is 30.3 Å². The van der Waals surface area contributed by atoms with Crippen molar-refractivity contribution in [2.24, 2.45) is 0 Å². The van der Waals surface area contributed by atoms with Gasteiger partial charge in [0.1, 0.15) is 0 Å². The second-order valence-corrected chi connectivity index (χ2v) is 5.48. The van der Waals surface area contributed by atoms with Gasteiger partial charge in [0.15, 0.2) is 5.78 Å². The van der Waals surface area contributed by atoms with Gasteiger partial charge in [0, 0.05) is 5.57 Å². The SMILES string of the molecule is CC=c1ccc(=C2C=CC(=O)C(c3ccc(CO)cc3)=C2)cc1. The van der Waals surface area contributed by atoms with Crippen LogP contribution in [0.1, 0.15) is 18.1 Å². The van der Waals surface area contributed by atoms with Crippen molar-refractivity contribution >= 4 is 23.0 Å². The second-order valence-electron chi connectivity index (χ2n) is 5.48. The molecule has 0 atom stereocenters. The lowest BCUT2D eigenvalue weighted by Gasteiger charge is -2.10. The molecule has 2 nitrogen and oxygen atoms in total. The Morgan fingerprint density at radius 3 is 2.26 bits per heavy atom. The number of benzene rings is 2. The normalized spacial score (nSPS) is 13.9. The summed E-state index contributed by atoms with van der Waals surface area (Å²) in [6, 6.07) is 15.7. The van der Waals surface area contributed by atoms with Crippen LogP contribution >= 0.6 is 0 Å².